The molecule has 2 atom stereocenters. The van der Waals surface area contributed by atoms with Crippen molar-refractivity contribution in [2.75, 3.05) is 5.75 Å². The molecule has 1 saturated carbocycles. The molecule has 1 aliphatic heterocycles. The fourth-order valence-corrected chi connectivity index (χ4v) is 4.12. The minimum absolute atomic E-state index is 0.0817. The molecular weight excluding hydrogens is 244 g/mol. The zero-order valence-electron chi connectivity index (χ0n) is 10.9. The molecule has 4 heteroatoms. The third-order valence-electron chi connectivity index (χ3n) is 4.03. The van der Waals surface area contributed by atoms with Gasteiger partial charge in [-0.2, -0.15) is 5.26 Å². The van der Waals surface area contributed by atoms with E-state index in [2.05, 4.69) is 11.4 Å². The van der Waals surface area contributed by atoms with Crippen LogP contribution in [0.15, 0.2) is 0 Å². The number of carbonyl (C=O) groups excluding carboxylic acids is 1. The van der Waals surface area contributed by atoms with E-state index in [4.69, 9.17) is 0 Å². The summed E-state index contributed by atoms with van der Waals surface area (Å²) in [5, 5.41) is 12.3. The highest BCUT2D eigenvalue weighted by atomic mass is 32.2. The number of carbonyl (C=O) groups is 1. The number of hydrogen-bond donors (Lipinski definition) is 1. The molecule has 0 aromatic heterocycles. The lowest BCUT2D eigenvalue weighted by molar-refractivity contribution is -0.121. The second-order valence-corrected chi connectivity index (χ2v) is 6.68. The van der Waals surface area contributed by atoms with Crippen molar-refractivity contribution in [3.63, 3.8) is 0 Å². The summed E-state index contributed by atoms with van der Waals surface area (Å²) in [7, 11) is 0. The first-order valence-electron chi connectivity index (χ1n) is 7.13. The van der Waals surface area contributed by atoms with Crippen LogP contribution in [0.1, 0.15) is 51.4 Å². The third-order valence-corrected chi connectivity index (χ3v) is 5.41. The molecule has 2 aliphatic rings. The fraction of sp³-hybridized carbons (Fsp3) is 0.857. The lowest BCUT2D eigenvalue weighted by atomic mass is 9.84. The van der Waals surface area contributed by atoms with Gasteiger partial charge in [0, 0.05) is 0 Å². The zero-order valence-corrected chi connectivity index (χ0v) is 11.7. The van der Waals surface area contributed by atoms with Crippen LogP contribution in [-0.2, 0) is 4.79 Å². The van der Waals surface area contributed by atoms with Crippen molar-refractivity contribution in [1.29, 1.82) is 5.26 Å². The number of rotatable bonds is 3. The van der Waals surface area contributed by atoms with Gasteiger partial charge in [-0.1, -0.05) is 25.7 Å². The predicted octanol–water partition coefficient (Wildman–Crippen LogP) is 2.86. The monoisotopic (exact) mass is 266 g/mol. The van der Waals surface area contributed by atoms with E-state index in [9.17, 15) is 10.1 Å². The summed E-state index contributed by atoms with van der Waals surface area (Å²) < 4.78 is 0. The summed E-state index contributed by atoms with van der Waals surface area (Å²) in [6.45, 7) is 0. The SMILES string of the molecule is N#CC(NC(=O)C1CCCCS1)C1CCCCC1. The van der Waals surface area contributed by atoms with E-state index in [-0.39, 0.29) is 17.2 Å². The lowest BCUT2D eigenvalue weighted by Gasteiger charge is -2.28. The topological polar surface area (TPSA) is 52.9 Å². The van der Waals surface area contributed by atoms with Gasteiger partial charge in [0.15, 0.2) is 0 Å². The van der Waals surface area contributed by atoms with Gasteiger partial charge in [-0.25, -0.2) is 0 Å². The van der Waals surface area contributed by atoms with Gasteiger partial charge in [-0.05, 0) is 37.4 Å². The van der Waals surface area contributed by atoms with Gasteiger partial charge in [0.25, 0.3) is 0 Å². The van der Waals surface area contributed by atoms with Crippen LogP contribution < -0.4 is 5.32 Å². The average molecular weight is 266 g/mol. The van der Waals surface area contributed by atoms with Gasteiger partial charge < -0.3 is 5.32 Å². The summed E-state index contributed by atoms with van der Waals surface area (Å²) in [6.07, 6.45) is 9.21. The Morgan fingerprint density at radius 2 is 1.89 bits per heavy atom. The highest BCUT2D eigenvalue weighted by Crippen LogP contribution is 2.28. The van der Waals surface area contributed by atoms with Crippen molar-refractivity contribution in [2.45, 2.75) is 62.7 Å². The molecule has 100 valence electrons. The van der Waals surface area contributed by atoms with E-state index in [1.54, 1.807) is 11.8 Å². The maximum absolute atomic E-state index is 12.1. The summed E-state index contributed by atoms with van der Waals surface area (Å²) in [6, 6.07) is 2.04. The smallest absolute Gasteiger partial charge is 0.234 e. The molecule has 1 heterocycles. The lowest BCUT2D eigenvalue weighted by Crippen LogP contribution is -2.44. The minimum Gasteiger partial charge on any atom is -0.339 e. The van der Waals surface area contributed by atoms with Gasteiger partial charge >= 0.3 is 0 Å². The van der Waals surface area contributed by atoms with Crippen molar-refractivity contribution < 1.29 is 4.79 Å². The molecule has 0 spiro atoms. The number of nitriles is 1. The molecule has 0 bridgehead atoms. The maximum atomic E-state index is 12.1. The molecule has 2 rings (SSSR count). The zero-order chi connectivity index (χ0) is 12.8. The molecule has 3 nitrogen and oxygen atoms in total. The highest BCUT2D eigenvalue weighted by Gasteiger charge is 2.28. The Hall–Kier alpha value is -0.690. The number of thioether (sulfide) groups is 1. The Morgan fingerprint density at radius 3 is 2.50 bits per heavy atom. The standard InChI is InChI=1S/C14H22N2OS/c15-10-12(11-6-2-1-3-7-11)16-14(17)13-8-4-5-9-18-13/h11-13H,1-9H2,(H,16,17). The molecule has 0 radical (unpaired) electrons. The van der Waals surface area contributed by atoms with Gasteiger partial charge in [-0.15, -0.1) is 11.8 Å². The molecular formula is C14H22N2OS. The van der Waals surface area contributed by atoms with Gasteiger partial charge in [0.1, 0.15) is 6.04 Å². The molecule has 1 N–H and O–H groups in total. The van der Waals surface area contributed by atoms with Crippen molar-refractivity contribution in [3.8, 4) is 6.07 Å². The Kier molecular flexibility index (Phi) is 5.37. The normalized spacial score (nSPS) is 27.2. The van der Waals surface area contributed by atoms with E-state index in [0.29, 0.717) is 5.92 Å². The summed E-state index contributed by atoms with van der Waals surface area (Å²) in [5.74, 6) is 1.55. The predicted molar refractivity (Wildman–Crippen MR) is 74.2 cm³/mol. The Bertz CT molecular complexity index is 314. The molecule has 0 aromatic carbocycles. The molecule has 1 amide bonds. The number of nitrogens with zero attached hydrogens (tertiary/aromatic N) is 1. The van der Waals surface area contributed by atoms with Crippen molar-refractivity contribution in [1.82, 2.24) is 5.32 Å². The fourth-order valence-electron chi connectivity index (χ4n) is 2.92. The average Bonchev–Trinajstić information content (AvgIpc) is 2.46. The van der Waals surface area contributed by atoms with Crippen LogP contribution in [0, 0.1) is 17.2 Å². The second-order valence-electron chi connectivity index (χ2n) is 5.37. The van der Waals surface area contributed by atoms with Gasteiger partial charge in [0.05, 0.1) is 11.3 Å². The molecule has 2 fully saturated rings. The Balaban J connectivity index is 1.85. The molecule has 18 heavy (non-hydrogen) atoms. The van der Waals surface area contributed by atoms with E-state index < -0.39 is 0 Å². The van der Waals surface area contributed by atoms with Crippen molar-refractivity contribution in [2.24, 2.45) is 5.92 Å². The van der Waals surface area contributed by atoms with E-state index in [0.717, 1.165) is 31.4 Å². The number of hydrogen-bond acceptors (Lipinski definition) is 3. The first-order valence-corrected chi connectivity index (χ1v) is 8.17. The largest absolute Gasteiger partial charge is 0.339 e. The first-order chi connectivity index (χ1) is 8.81. The maximum Gasteiger partial charge on any atom is 0.234 e. The van der Waals surface area contributed by atoms with E-state index in [1.807, 2.05) is 0 Å². The van der Waals surface area contributed by atoms with Gasteiger partial charge in [-0.3, -0.25) is 4.79 Å². The summed E-state index contributed by atoms with van der Waals surface area (Å²) in [5.41, 5.74) is 0. The highest BCUT2D eigenvalue weighted by molar-refractivity contribution is 8.00. The van der Waals surface area contributed by atoms with Crippen LogP contribution >= 0.6 is 11.8 Å². The number of nitrogens with one attached hydrogen (secondary N) is 1. The van der Waals surface area contributed by atoms with Crippen LogP contribution in [0.4, 0.5) is 0 Å². The van der Waals surface area contributed by atoms with E-state index in [1.165, 1.54) is 25.7 Å². The first kappa shape index (κ1) is 13.7. The van der Waals surface area contributed by atoms with Crippen LogP contribution in [-0.4, -0.2) is 23.0 Å². The Labute approximate surface area is 114 Å². The number of amides is 1. The van der Waals surface area contributed by atoms with Crippen LogP contribution in [0.5, 0.6) is 0 Å². The van der Waals surface area contributed by atoms with E-state index >= 15 is 0 Å². The summed E-state index contributed by atoms with van der Waals surface area (Å²) >= 11 is 1.75. The third kappa shape index (κ3) is 3.65. The van der Waals surface area contributed by atoms with Crippen molar-refractivity contribution >= 4 is 17.7 Å². The molecule has 1 aliphatic carbocycles. The minimum atomic E-state index is -0.264. The van der Waals surface area contributed by atoms with Crippen LogP contribution in [0.25, 0.3) is 0 Å². The van der Waals surface area contributed by atoms with Gasteiger partial charge in [0.2, 0.25) is 5.91 Å². The Morgan fingerprint density at radius 1 is 1.17 bits per heavy atom. The van der Waals surface area contributed by atoms with Crippen molar-refractivity contribution in [3.05, 3.63) is 0 Å². The molecule has 0 aromatic rings. The second kappa shape index (κ2) is 7.04. The molecule has 1 saturated heterocycles. The summed E-state index contributed by atoms with van der Waals surface area (Å²) in [4.78, 5) is 12.1. The molecule has 2 unspecified atom stereocenters. The van der Waals surface area contributed by atoms with Crippen LogP contribution in [0.3, 0.4) is 0 Å². The van der Waals surface area contributed by atoms with Crippen LogP contribution in [0.2, 0.25) is 0 Å². The quantitative estimate of drug-likeness (QED) is 0.854.